The molecule has 52 heavy (non-hydrogen) atoms. The molecule has 7 aromatic rings. The molecule has 4 heteroatoms. The van der Waals surface area contributed by atoms with Crippen molar-refractivity contribution in [2.75, 3.05) is 0 Å². The van der Waals surface area contributed by atoms with Crippen LogP contribution in [-0.2, 0) is 6.42 Å². The molecular formula is C48H42N4. The molecule has 3 heterocycles. The van der Waals surface area contributed by atoms with E-state index in [2.05, 4.69) is 161 Å². The number of para-hydroxylation sites is 2. The van der Waals surface area contributed by atoms with Crippen molar-refractivity contribution in [2.24, 2.45) is 17.6 Å². The summed E-state index contributed by atoms with van der Waals surface area (Å²) in [6.07, 6.45) is 26.0. The van der Waals surface area contributed by atoms with E-state index in [4.69, 9.17) is 5.73 Å². The smallest absolute Gasteiger partial charge is 0.0724 e. The third-order valence-electron chi connectivity index (χ3n) is 11.0. The van der Waals surface area contributed by atoms with E-state index in [1.54, 1.807) is 6.20 Å². The maximum atomic E-state index is 5.80. The van der Waals surface area contributed by atoms with Crippen molar-refractivity contribution >= 4 is 50.1 Å². The Labute approximate surface area is 305 Å². The second-order valence-electron chi connectivity index (χ2n) is 14.2. The summed E-state index contributed by atoms with van der Waals surface area (Å²) in [6, 6.07) is 37.4. The zero-order valence-electron chi connectivity index (χ0n) is 29.5. The van der Waals surface area contributed by atoms with Crippen LogP contribution in [0, 0.1) is 18.8 Å². The van der Waals surface area contributed by atoms with Crippen LogP contribution in [0.15, 0.2) is 158 Å². The molecule has 2 aliphatic rings. The molecule has 0 saturated carbocycles. The Kier molecular flexibility index (Phi) is 8.28. The summed E-state index contributed by atoms with van der Waals surface area (Å²) in [5.74, 6) is 1.11. The lowest BCUT2D eigenvalue weighted by Crippen LogP contribution is -2.10. The highest BCUT2D eigenvalue weighted by Gasteiger charge is 2.20. The fourth-order valence-corrected chi connectivity index (χ4v) is 8.38. The van der Waals surface area contributed by atoms with Crippen LogP contribution in [0.4, 0.5) is 0 Å². The van der Waals surface area contributed by atoms with Crippen LogP contribution in [0.2, 0.25) is 0 Å². The van der Waals surface area contributed by atoms with E-state index in [9.17, 15) is 0 Å². The van der Waals surface area contributed by atoms with E-state index < -0.39 is 0 Å². The van der Waals surface area contributed by atoms with Gasteiger partial charge in [-0.05, 0) is 115 Å². The van der Waals surface area contributed by atoms with E-state index in [-0.39, 0.29) is 0 Å². The molecule has 4 aromatic carbocycles. The number of nitrogens with zero attached hydrogens (tertiary/aromatic N) is 3. The van der Waals surface area contributed by atoms with Gasteiger partial charge in [-0.15, -0.1) is 0 Å². The van der Waals surface area contributed by atoms with Crippen LogP contribution < -0.4 is 5.73 Å². The van der Waals surface area contributed by atoms with Gasteiger partial charge in [0.25, 0.3) is 0 Å². The molecule has 0 aliphatic heterocycles. The van der Waals surface area contributed by atoms with Gasteiger partial charge in [0.1, 0.15) is 0 Å². The molecule has 2 aliphatic carbocycles. The van der Waals surface area contributed by atoms with Crippen molar-refractivity contribution in [1.82, 2.24) is 14.1 Å². The summed E-state index contributed by atoms with van der Waals surface area (Å²) < 4.78 is 4.69. The number of aromatic nitrogens is 3. The predicted molar refractivity (Wildman–Crippen MR) is 219 cm³/mol. The first kappa shape index (κ1) is 31.8. The largest absolute Gasteiger partial charge is 0.405 e. The number of benzene rings is 4. The van der Waals surface area contributed by atoms with Gasteiger partial charge in [-0.25, -0.2) is 0 Å². The molecule has 254 valence electrons. The molecule has 0 spiro atoms. The number of nitrogens with two attached hydrogens (primary N) is 1. The van der Waals surface area contributed by atoms with Crippen LogP contribution in [0.5, 0.6) is 0 Å². The van der Waals surface area contributed by atoms with Gasteiger partial charge in [-0.3, -0.25) is 4.98 Å². The Bertz CT molecular complexity index is 2530. The van der Waals surface area contributed by atoms with Crippen LogP contribution in [0.25, 0.3) is 55.7 Å². The van der Waals surface area contributed by atoms with Gasteiger partial charge in [-0.1, -0.05) is 103 Å². The molecule has 9 rings (SSSR count). The molecule has 2 atom stereocenters. The molecule has 0 bridgehead atoms. The number of rotatable bonds is 8. The van der Waals surface area contributed by atoms with Gasteiger partial charge in [0.05, 0.1) is 22.7 Å². The summed E-state index contributed by atoms with van der Waals surface area (Å²) in [5, 5.41) is 3.72. The Morgan fingerprint density at radius 2 is 1.35 bits per heavy atom. The summed E-state index contributed by atoms with van der Waals surface area (Å²) >= 11 is 0. The normalized spacial score (nSPS) is 17.4. The van der Waals surface area contributed by atoms with Crippen LogP contribution >= 0.6 is 0 Å². The maximum absolute atomic E-state index is 5.80. The predicted octanol–water partition coefficient (Wildman–Crippen LogP) is 11.4. The van der Waals surface area contributed by atoms with Crippen molar-refractivity contribution in [1.29, 1.82) is 0 Å². The summed E-state index contributed by atoms with van der Waals surface area (Å²) in [4.78, 5) is 4.42. The quantitative estimate of drug-likeness (QED) is 0.174. The summed E-state index contributed by atoms with van der Waals surface area (Å²) in [7, 11) is 0. The first-order valence-electron chi connectivity index (χ1n) is 18.4. The molecule has 0 radical (unpaired) electrons. The van der Waals surface area contributed by atoms with E-state index in [1.165, 1.54) is 72.8 Å². The number of hydrogen-bond acceptors (Lipinski definition) is 2. The van der Waals surface area contributed by atoms with Gasteiger partial charge >= 0.3 is 0 Å². The number of allylic oxidation sites excluding steroid dienone is 8. The fourth-order valence-electron chi connectivity index (χ4n) is 8.38. The second-order valence-corrected chi connectivity index (χ2v) is 14.2. The first-order valence-corrected chi connectivity index (χ1v) is 18.4. The molecule has 3 aromatic heterocycles. The van der Waals surface area contributed by atoms with E-state index in [0.29, 0.717) is 11.8 Å². The molecule has 0 amide bonds. The number of fused-ring (bicyclic) bond motifs is 4. The number of hydrogen-bond donors (Lipinski definition) is 1. The Morgan fingerprint density at radius 3 is 2.04 bits per heavy atom. The maximum Gasteiger partial charge on any atom is 0.0724 e. The lowest BCUT2D eigenvalue weighted by Gasteiger charge is -2.23. The third kappa shape index (κ3) is 5.80. The van der Waals surface area contributed by atoms with Gasteiger partial charge in [0.15, 0.2) is 0 Å². The summed E-state index contributed by atoms with van der Waals surface area (Å²) in [6.45, 7) is 2.19. The van der Waals surface area contributed by atoms with Gasteiger partial charge in [-0.2, -0.15) is 0 Å². The topological polar surface area (TPSA) is 48.8 Å². The van der Waals surface area contributed by atoms with Gasteiger partial charge in [0.2, 0.25) is 0 Å². The minimum atomic E-state index is 0.547. The van der Waals surface area contributed by atoms with Crippen molar-refractivity contribution in [3.05, 3.63) is 186 Å². The van der Waals surface area contributed by atoms with Crippen LogP contribution in [0.1, 0.15) is 47.2 Å². The van der Waals surface area contributed by atoms with Crippen molar-refractivity contribution in [3.8, 4) is 5.69 Å². The zero-order valence-corrected chi connectivity index (χ0v) is 29.5. The third-order valence-corrected chi connectivity index (χ3v) is 11.0. The lowest BCUT2D eigenvalue weighted by atomic mass is 9.84. The van der Waals surface area contributed by atoms with E-state index >= 15 is 0 Å². The molecule has 2 unspecified atom stereocenters. The van der Waals surface area contributed by atoms with Gasteiger partial charge in [0, 0.05) is 45.0 Å². The van der Waals surface area contributed by atoms with Crippen molar-refractivity contribution in [2.45, 2.75) is 32.6 Å². The highest BCUT2D eigenvalue weighted by atomic mass is 15.0. The highest BCUT2D eigenvalue weighted by molar-refractivity contribution is 6.08. The van der Waals surface area contributed by atoms with Crippen LogP contribution in [-0.4, -0.2) is 14.1 Å². The van der Waals surface area contributed by atoms with Crippen molar-refractivity contribution in [3.63, 3.8) is 0 Å². The fraction of sp³-hybridized carbons (Fsp3) is 0.146. The molecule has 4 nitrogen and oxygen atoms in total. The van der Waals surface area contributed by atoms with Gasteiger partial charge < -0.3 is 14.9 Å². The highest BCUT2D eigenvalue weighted by Crippen LogP contribution is 2.36. The number of pyridine rings is 1. The Morgan fingerprint density at radius 1 is 0.692 bits per heavy atom. The minimum Gasteiger partial charge on any atom is -0.405 e. The van der Waals surface area contributed by atoms with E-state index in [0.717, 1.165) is 30.5 Å². The average molecular weight is 675 g/mol. The molecule has 2 N–H and O–H groups in total. The Hall–Kier alpha value is -6.13. The van der Waals surface area contributed by atoms with Crippen molar-refractivity contribution < 1.29 is 0 Å². The molecule has 0 saturated heterocycles. The standard InChI is InChI=1S/C48H42N4/c1-33-42(26-28-49)43-6-2-4-8-46(43)51(33)40-22-14-36(15-23-40)30-34-10-18-38(19-11-34)39-20-12-35(13-21-39)31-37-16-24-41(25-17-37)52-47-9-5-3-7-44(47)45-27-29-50-32-48(45)52/h2-10,12-14,16-29,32,34,36H,11,15,30-31,49H2,1H3/b28-26-. The van der Waals surface area contributed by atoms with E-state index in [1.807, 2.05) is 18.5 Å². The first-order chi connectivity index (χ1) is 25.6. The minimum absolute atomic E-state index is 0.547. The zero-order chi connectivity index (χ0) is 35.0. The Balaban J connectivity index is 0.823. The second kappa shape index (κ2) is 13.5. The summed E-state index contributed by atoms with van der Waals surface area (Å²) in [5.41, 5.74) is 19.4. The monoisotopic (exact) mass is 674 g/mol. The molecule has 0 fully saturated rings. The lowest BCUT2D eigenvalue weighted by molar-refractivity contribution is 0.485. The van der Waals surface area contributed by atoms with Crippen LogP contribution in [0.3, 0.4) is 0 Å². The average Bonchev–Trinajstić information content (AvgIpc) is 3.68. The SMILES string of the molecule is Cc1c(/C=C\N)c2ccccc2n1C1=CCC(CC2C=CC(c3ccc(Cc4ccc(-n5c6ccccc6c6ccncc65)cc4)cc3)=CC2)C=C1. The molecular weight excluding hydrogens is 633 g/mol.